The van der Waals surface area contributed by atoms with Crippen LogP contribution in [0.4, 0.5) is 0 Å². The number of rotatable bonds is 5. The SMILES string of the molecule is CCC(C)CCCC(=O)C(C)(C)C. The number of hydrogen-bond donors (Lipinski definition) is 0. The van der Waals surface area contributed by atoms with Crippen LogP contribution in [0, 0.1) is 11.3 Å². The smallest absolute Gasteiger partial charge is 0.138 e. The van der Waals surface area contributed by atoms with E-state index in [4.69, 9.17) is 0 Å². The Morgan fingerprint density at radius 3 is 2.23 bits per heavy atom. The molecule has 1 unspecified atom stereocenters. The molecule has 0 N–H and O–H groups in total. The van der Waals surface area contributed by atoms with Crippen molar-refractivity contribution in [2.24, 2.45) is 11.3 Å². The van der Waals surface area contributed by atoms with Gasteiger partial charge in [-0.1, -0.05) is 47.5 Å². The lowest BCUT2D eigenvalue weighted by Crippen LogP contribution is -2.19. The van der Waals surface area contributed by atoms with Gasteiger partial charge in [-0.2, -0.15) is 0 Å². The average molecular weight is 184 g/mol. The predicted molar refractivity (Wildman–Crippen MR) is 57.8 cm³/mol. The monoisotopic (exact) mass is 184 g/mol. The summed E-state index contributed by atoms with van der Waals surface area (Å²) in [4.78, 5) is 11.5. The van der Waals surface area contributed by atoms with Gasteiger partial charge >= 0.3 is 0 Å². The number of ketones is 1. The second-order valence-corrected chi connectivity index (χ2v) is 5.08. The van der Waals surface area contributed by atoms with Crippen LogP contribution in [0.1, 0.15) is 60.3 Å². The van der Waals surface area contributed by atoms with Crippen molar-refractivity contribution < 1.29 is 4.79 Å². The zero-order valence-corrected chi connectivity index (χ0v) is 9.81. The topological polar surface area (TPSA) is 17.1 Å². The zero-order chi connectivity index (χ0) is 10.5. The predicted octanol–water partition coefficient (Wildman–Crippen LogP) is 3.82. The fourth-order valence-electron chi connectivity index (χ4n) is 1.19. The molecule has 0 aliphatic carbocycles. The number of carbonyl (C=O) groups is 1. The molecule has 0 radical (unpaired) electrons. The maximum absolute atomic E-state index is 11.5. The lowest BCUT2D eigenvalue weighted by atomic mass is 9.87. The Hall–Kier alpha value is -0.330. The molecule has 1 atom stereocenters. The van der Waals surface area contributed by atoms with E-state index in [9.17, 15) is 4.79 Å². The summed E-state index contributed by atoms with van der Waals surface area (Å²) in [5.41, 5.74) is -0.143. The third kappa shape index (κ3) is 5.84. The van der Waals surface area contributed by atoms with Gasteiger partial charge in [0, 0.05) is 11.8 Å². The molecule has 0 aliphatic rings. The summed E-state index contributed by atoms with van der Waals surface area (Å²) in [5, 5.41) is 0. The molecule has 78 valence electrons. The molecule has 0 aromatic carbocycles. The van der Waals surface area contributed by atoms with Crippen LogP contribution >= 0.6 is 0 Å². The molecule has 0 aromatic rings. The molecular weight excluding hydrogens is 160 g/mol. The minimum absolute atomic E-state index is 0.143. The third-order valence-corrected chi connectivity index (χ3v) is 2.63. The van der Waals surface area contributed by atoms with Crippen LogP contribution in [-0.2, 0) is 4.79 Å². The van der Waals surface area contributed by atoms with Gasteiger partial charge in [0.25, 0.3) is 0 Å². The van der Waals surface area contributed by atoms with Gasteiger partial charge in [-0.25, -0.2) is 0 Å². The van der Waals surface area contributed by atoms with Crippen molar-refractivity contribution in [1.29, 1.82) is 0 Å². The van der Waals surface area contributed by atoms with Crippen LogP contribution in [0.15, 0.2) is 0 Å². The zero-order valence-electron chi connectivity index (χ0n) is 9.81. The third-order valence-electron chi connectivity index (χ3n) is 2.63. The van der Waals surface area contributed by atoms with E-state index in [1.807, 2.05) is 20.8 Å². The van der Waals surface area contributed by atoms with Crippen molar-refractivity contribution in [3.05, 3.63) is 0 Å². The minimum atomic E-state index is -0.143. The molecule has 13 heavy (non-hydrogen) atoms. The van der Waals surface area contributed by atoms with Crippen molar-refractivity contribution in [2.75, 3.05) is 0 Å². The van der Waals surface area contributed by atoms with Crippen molar-refractivity contribution in [1.82, 2.24) is 0 Å². The van der Waals surface area contributed by atoms with Gasteiger partial charge in [0.05, 0.1) is 0 Å². The molecule has 0 bridgehead atoms. The molecule has 1 nitrogen and oxygen atoms in total. The Labute approximate surface area is 82.9 Å². The van der Waals surface area contributed by atoms with Crippen molar-refractivity contribution in [2.45, 2.75) is 60.3 Å². The Kier molecular flexibility index (Phi) is 5.27. The highest BCUT2D eigenvalue weighted by Gasteiger charge is 2.20. The second-order valence-electron chi connectivity index (χ2n) is 5.08. The van der Waals surface area contributed by atoms with Crippen molar-refractivity contribution in [3.8, 4) is 0 Å². The Balaban J connectivity index is 3.60. The molecule has 0 amide bonds. The first kappa shape index (κ1) is 12.7. The number of Topliss-reactive ketones (excluding diaryl/α,β-unsaturated/α-hetero) is 1. The van der Waals surface area contributed by atoms with Gasteiger partial charge in [0.15, 0.2) is 0 Å². The summed E-state index contributed by atoms with van der Waals surface area (Å²) in [6, 6.07) is 0. The number of carbonyl (C=O) groups excluding carboxylic acids is 1. The van der Waals surface area contributed by atoms with Crippen molar-refractivity contribution >= 4 is 5.78 Å². The summed E-state index contributed by atoms with van der Waals surface area (Å²) in [6.45, 7) is 10.5. The van der Waals surface area contributed by atoms with E-state index < -0.39 is 0 Å². The first-order valence-electron chi connectivity index (χ1n) is 5.41. The molecular formula is C12H24O. The first-order valence-corrected chi connectivity index (χ1v) is 5.41. The van der Waals surface area contributed by atoms with Gasteiger partial charge in [-0.05, 0) is 12.3 Å². The average Bonchev–Trinajstić information content (AvgIpc) is 2.02. The maximum Gasteiger partial charge on any atom is 0.138 e. The first-order chi connectivity index (χ1) is 5.88. The Morgan fingerprint density at radius 2 is 1.85 bits per heavy atom. The van der Waals surface area contributed by atoms with Gasteiger partial charge < -0.3 is 0 Å². The fraction of sp³-hybridized carbons (Fsp3) is 0.917. The molecule has 0 rings (SSSR count). The van der Waals surface area contributed by atoms with Crippen molar-refractivity contribution in [3.63, 3.8) is 0 Å². The highest BCUT2D eigenvalue weighted by molar-refractivity contribution is 5.83. The van der Waals surface area contributed by atoms with Crippen LogP contribution in [0.2, 0.25) is 0 Å². The molecule has 0 aliphatic heterocycles. The summed E-state index contributed by atoms with van der Waals surface area (Å²) in [5.74, 6) is 1.17. The quantitative estimate of drug-likeness (QED) is 0.635. The standard InChI is InChI=1S/C12H24O/c1-6-10(2)8-7-9-11(13)12(3,4)5/h10H,6-9H2,1-5H3. The van der Waals surface area contributed by atoms with Crippen LogP contribution < -0.4 is 0 Å². The van der Waals surface area contributed by atoms with Crippen LogP contribution in [0.3, 0.4) is 0 Å². The van der Waals surface area contributed by atoms with E-state index in [1.54, 1.807) is 0 Å². The molecule has 0 spiro atoms. The Morgan fingerprint density at radius 1 is 1.31 bits per heavy atom. The van der Waals surface area contributed by atoms with Crippen LogP contribution in [0.25, 0.3) is 0 Å². The summed E-state index contributed by atoms with van der Waals surface area (Å²) in [6.07, 6.45) is 4.24. The van der Waals surface area contributed by atoms with E-state index in [0.717, 1.165) is 18.8 Å². The number of hydrogen-bond acceptors (Lipinski definition) is 1. The minimum Gasteiger partial charge on any atom is -0.299 e. The van der Waals surface area contributed by atoms with Crippen LogP contribution in [0.5, 0.6) is 0 Å². The molecule has 0 heterocycles. The summed E-state index contributed by atoms with van der Waals surface area (Å²) in [7, 11) is 0. The fourth-order valence-corrected chi connectivity index (χ4v) is 1.19. The van der Waals surface area contributed by atoms with Gasteiger partial charge in [0.1, 0.15) is 5.78 Å². The van der Waals surface area contributed by atoms with Gasteiger partial charge in [0.2, 0.25) is 0 Å². The summed E-state index contributed by atoms with van der Waals surface area (Å²) >= 11 is 0. The van der Waals surface area contributed by atoms with E-state index in [0.29, 0.717) is 5.78 Å². The lowest BCUT2D eigenvalue weighted by Gasteiger charge is -2.16. The molecule has 0 saturated carbocycles. The van der Waals surface area contributed by atoms with E-state index in [-0.39, 0.29) is 5.41 Å². The highest BCUT2D eigenvalue weighted by Crippen LogP contribution is 2.20. The van der Waals surface area contributed by atoms with E-state index in [2.05, 4.69) is 13.8 Å². The molecule has 0 saturated heterocycles. The van der Waals surface area contributed by atoms with Crippen LogP contribution in [-0.4, -0.2) is 5.78 Å². The highest BCUT2D eigenvalue weighted by atomic mass is 16.1. The lowest BCUT2D eigenvalue weighted by molar-refractivity contribution is -0.126. The maximum atomic E-state index is 11.5. The Bertz CT molecular complexity index is 153. The second kappa shape index (κ2) is 5.41. The summed E-state index contributed by atoms with van der Waals surface area (Å²) < 4.78 is 0. The van der Waals surface area contributed by atoms with E-state index >= 15 is 0 Å². The van der Waals surface area contributed by atoms with Gasteiger partial charge in [-0.3, -0.25) is 4.79 Å². The molecule has 1 heteroatoms. The largest absolute Gasteiger partial charge is 0.299 e. The van der Waals surface area contributed by atoms with Gasteiger partial charge in [-0.15, -0.1) is 0 Å². The molecule has 0 aromatic heterocycles. The normalized spacial score (nSPS) is 14.2. The van der Waals surface area contributed by atoms with E-state index in [1.165, 1.54) is 12.8 Å². The molecule has 0 fully saturated rings.